The van der Waals surface area contributed by atoms with Gasteiger partial charge >= 0.3 is 5.76 Å². The Balaban J connectivity index is 1.50. The number of hydrogen-bond acceptors (Lipinski definition) is 6. The van der Waals surface area contributed by atoms with Gasteiger partial charge in [-0.2, -0.15) is 5.10 Å². The molecule has 2 N–H and O–H groups in total. The van der Waals surface area contributed by atoms with Gasteiger partial charge in [-0.1, -0.05) is 18.2 Å². The predicted octanol–water partition coefficient (Wildman–Crippen LogP) is 1.15. The third kappa shape index (κ3) is 3.07. The van der Waals surface area contributed by atoms with E-state index in [1.54, 1.807) is 49.5 Å². The fourth-order valence-electron chi connectivity index (χ4n) is 3.13. The zero-order chi connectivity index (χ0) is 19.7. The summed E-state index contributed by atoms with van der Waals surface area (Å²) in [5, 5.41) is 10.4. The van der Waals surface area contributed by atoms with Crippen molar-refractivity contribution in [2.45, 2.75) is 19.4 Å². The molecule has 0 saturated carbocycles. The largest absolute Gasteiger partial charge is 0.421 e. The summed E-state index contributed by atoms with van der Waals surface area (Å²) in [6.07, 6.45) is 1.57. The fraction of sp³-hybridized carbons (Fsp3) is 0.211. The van der Waals surface area contributed by atoms with Crippen LogP contribution in [0.25, 0.3) is 22.0 Å². The summed E-state index contributed by atoms with van der Waals surface area (Å²) in [7, 11) is 0. The highest BCUT2D eigenvalue weighted by atomic mass is 16.4. The Bertz CT molecular complexity index is 1290. The molecule has 0 aliphatic rings. The zero-order valence-corrected chi connectivity index (χ0v) is 15.0. The number of carbonyl (C=O) groups is 1. The molecule has 3 heterocycles. The Hall–Kier alpha value is -3.75. The van der Waals surface area contributed by atoms with Crippen LogP contribution in [0.1, 0.15) is 18.5 Å². The number of aromatic nitrogens is 4. The number of pyridine rings is 1. The highest BCUT2D eigenvalue weighted by Crippen LogP contribution is 2.20. The number of amides is 1. The monoisotopic (exact) mass is 379 g/mol. The molecular formula is C19H17N5O4. The summed E-state index contributed by atoms with van der Waals surface area (Å²) in [6.45, 7) is 2.15. The van der Waals surface area contributed by atoms with Gasteiger partial charge in [0.25, 0.3) is 5.56 Å². The van der Waals surface area contributed by atoms with E-state index < -0.39 is 11.7 Å². The lowest BCUT2D eigenvalue weighted by Crippen LogP contribution is -2.33. The number of nitrogens with one attached hydrogen (secondary N) is 2. The first-order valence-corrected chi connectivity index (χ1v) is 8.75. The van der Waals surface area contributed by atoms with Gasteiger partial charge in [0.2, 0.25) is 5.91 Å². The number of oxazole rings is 1. The zero-order valence-electron chi connectivity index (χ0n) is 15.0. The van der Waals surface area contributed by atoms with Crippen LogP contribution in [0.2, 0.25) is 0 Å². The smallest absolute Gasteiger partial charge is 0.406 e. The van der Waals surface area contributed by atoms with E-state index in [1.807, 2.05) is 0 Å². The molecule has 1 aromatic carbocycles. The van der Waals surface area contributed by atoms with Gasteiger partial charge in [0.1, 0.15) is 0 Å². The van der Waals surface area contributed by atoms with Gasteiger partial charge < -0.3 is 9.73 Å². The Morgan fingerprint density at radius 1 is 1.21 bits per heavy atom. The molecule has 9 heteroatoms. The van der Waals surface area contributed by atoms with E-state index in [4.69, 9.17) is 4.42 Å². The van der Waals surface area contributed by atoms with Crippen molar-refractivity contribution < 1.29 is 9.21 Å². The first-order chi connectivity index (χ1) is 13.6. The number of hydrogen-bond donors (Lipinski definition) is 2. The van der Waals surface area contributed by atoms with E-state index >= 15 is 0 Å². The number of rotatable bonds is 5. The summed E-state index contributed by atoms with van der Waals surface area (Å²) in [4.78, 5) is 40.6. The second kappa shape index (κ2) is 7.10. The molecule has 0 aliphatic carbocycles. The minimum atomic E-state index is -0.585. The Kier molecular flexibility index (Phi) is 4.48. The van der Waals surface area contributed by atoms with Gasteiger partial charge in [-0.05, 0) is 25.1 Å². The number of fused-ring (bicyclic) bond motifs is 2. The highest BCUT2D eigenvalue weighted by molar-refractivity contribution is 5.90. The molecule has 142 valence electrons. The van der Waals surface area contributed by atoms with Crippen molar-refractivity contribution in [2.75, 3.05) is 6.54 Å². The van der Waals surface area contributed by atoms with Crippen molar-refractivity contribution in [1.29, 1.82) is 0 Å². The molecule has 0 fully saturated rings. The topological polar surface area (TPSA) is 123 Å². The first-order valence-electron chi connectivity index (χ1n) is 8.75. The van der Waals surface area contributed by atoms with Crippen molar-refractivity contribution in [1.82, 2.24) is 25.1 Å². The van der Waals surface area contributed by atoms with Gasteiger partial charge in [-0.15, -0.1) is 0 Å². The average molecular weight is 379 g/mol. The summed E-state index contributed by atoms with van der Waals surface area (Å²) in [6, 6.07) is 10.3. The van der Waals surface area contributed by atoms with E-state index in [-0.39, 0.29) is 24.6 Å². The second-order valence-corrected chi connectivity index (χ2v) is 6.34. The Labute approximate surface area is 158 Å². The normalized spacial score (nSPS) is 12.3. The number of aromatic amines is 1. The van der Waals surface area contributed by atoms with Crippen molar-refractivity contribution >= 4 is 27.9 Å². The van der Waals surface area contributed by atoms with Crippen LogP contribution >= 0.6 is 0 Å². The van der Waals surface area contributed by atoms with Crippen molar-refractivity contribution in [2.24, 2.45) is 0 Å². The van der Waals surface area contributed by atoms with Crippen LogP contribution in [-0.4, -0.2) is 32.2 Å². The van der Waals surface area contributed by atoms with Crippen LogP contribution in [-0.2, 0) is 11.3 Å². The highest BCUT2D eigenvalue weighted by Gasteiger charge is 2.20. The molecule has 28 heavy (non-hydrogen) atoms. The summed E-state index contributed by atoms with van der Waals surface area (Å²) < 4.78 is 6.49. The lowest BCUT2D eigenvalue weighted by Gasteiger charge is -2.13. The quantitative estimate of drug-likeness (QED) is 0.536. The standard InChI is InChI=1S/C19H17N5O4/c1-11(15-12-5-2-3-6-13(12)18(26)23-22-15)17(25)21-9-10-24-16-14(28-19(24)27)7-4-8-20-16/h2-8,11H,9-10H2,1H3,(H,21,25)(H,23,26)/t11-/m0/s1. The third-order valence-corrected chi connectivity index (χ3v) is 4.59. The van der Waals surface area contributed by atoms with Crippen LogP contribution in [0.3, 0.4) is 0 Å². The van der Waals surface area contributed by atoms with E-state index in [9.17, 15) is 14.4 Å². The fourth-order valence-corrected chi connectivity index (χ4v) is 3.13. The molecule has 0 saturated heterocycles. The van der Waals surface area contributed by atoms with Crippen LogP contribution in [0, 0.1) is 0 Å². The number of H-pyrrole nitrogens is 1. The van der Waals surface area contributed by atoms with Crippen LogP contribution in [0.5, 0.6) is 0 Å². The average Bonchev–Trinajstić information content (AvgIpc) is 3.03. The molecule has 0 radical (unpaired) electrons. The van der Waals surface area contributed by atoms with Gasteiger partial charge in [-0.3, -0.25) is 14.2 Å². The van der Waals surface area contributed by atoms with Crippen molar-refractivity contribution in [3.05, 3.63) is 69.2 Å². The lowest BCUT2D eigenvalue weighted by molar-refractivity contribution is -0.122. The minimum absolute atomic E-state index is 0.218. The van der Waals surface area contributed by atoms with Crippen LogP contribution < -0.4 is 16.6 Å². The van der Waals surface area contributed by atoms with Gasteiger partial charge in [0, 0.05) is 24.7 Å². The van der Waals surface area contributed by atoms with Crippen LogP contribution in [0.15, 0.2) is 56.6 Å². The molecule has 4 aromatic rings. The molecule has 0 spiro atoms. The molecule has 4 rings (SSSR count). The maximum Gasteiger partial charge on any atom is 0.421 e. The van der Waals surface area contributed by atoms with E-state index in [0.29, 0.717) is 27.7 Å². The third-order valence-electron chi connectivity index (χ3n) is 4.59. The van der Waals surface area contributed by atoms with Gasteiger partial charge in [0.15, 0.2) is 11.2 Å². The molecule has 9 nitrogen and oxygen atoms in total. The number of nitrogens with zero attached hydrogens (tertiary/aromatic N) is 3. The molecule has 0 bridgehead atoms. The Morgan fingerprint density at radius 3 is 2.82 bits per heavy atom. The molecule has 1 atom stereocenters. The maximum absolute atomic E-state index is 12.6. The van der Waals surface area contributed by atoms with Gasteiger partial charge in [-0.25, -0.2) is 14.9 Å². The molecule has 1 amide bonds. The van der Waals surface area contributed by atoms with Crippen molar-refractivity contribution in [3.8, 4) is 0 Å². The van der Waals surface area contributed by atoms with Crippen molar-refractivity contribution in [3.63, 3.8) is 0 Å². The maximum atomic E-state index is 12.6. The first kappa shape index (κ1) is 17.7. The number of benzene rings is 1. The minimum Gasteiger partial charge on any atom is -0.406 e. The summed E-state index contributed by atoms with van der Waals surface area (Å²) in [5.74, 6) is -1.37. The SMILES string of the molecule is C[C@H](C(=O)NCCn1c(=O)oc2cccnc21)c1n[nH]c(=O)c2ccccc12. The van der Waals surface area contributed by atoms with E-state index in [2.05, 4.69) is 20.5 Å². The molecule has 3 aromatic heterocycles. The summed E-state index contributed by atoms with van der Waals surface area (Å²) in [5.41, 5.74) is 1.02. The lowest BCUT2D eigenvalue weighted by atomic mass is 10.0. The number of carbonyl (C=O) groups excluding carboxylic acids is 1. The Morgan fingerprint density at radius 2 is 2.00 bits per heavy atom. The molecule has 0 unspecified atom stereocenters. The second-order valence-electron chi connectivity index (χ2n) is 6.34. The van der Waals surface area contributed by atoms with E-state index in [1.165, 1.54) is 4.57 Å². The summed E-state index contributed by atoms with van der Waals surface area (Å²) >= 11 is 0. The van der Waals surface area contributed by atoms with Gasteiger partial charge in [0.05, 0.1) is 17.0 Å². The molecule has 0 aliphatic heterocycles. The molecular weight excluding hydrogens is 362 g/mol. The van der Waals surface area contributed by atoms with E-state index in [0.717, 1.165) is 0 Å². The van der Waals surface area contributed by atoms with Crippen LogP contribution in [0.4, 0.5) is 0 Å². The predicted molar refractivity (Wildman–Crippen MR) is 102 cm³/mol.